The monoisotopic (exact) mass is 324 g/mol. The molecule has 0 aromatic rings. The van der Waals surface area contributed by atoms with E-state index >= 15 is 0 Å². The number of allylic oxidation sites excluding steroid dienone is 2. The van der Waals surface area contributed by atoms with Gasteiger partial charge in [0.25, 0.3) is 0 Å². The van der Waals surface area contributed by atoms with E-state index < -0.39 is 5.97 Å². The van der Waals surface area contributed by atoms with Crippen LogP contribution in [0.2, 0.25) is 0 Å². The molecular weight excluding hydrogens is 284 g/mol. The van der Waals surface area contributed by atoms with Crippen LogP contribution in [0, 0.1) is 5.92 Å². The van der Waals surface area contributed by atoms with Crippen molar-refractivity contribution in [3.8, 4) is 0 Å². The molecule has 0 amide bonds. The second-order valence-corrected chi connectivity index (χ2v) is 6.97. The van der Waals surface area contributed by atoms with Gasteiger partial charge in [-0.1, -0.05) is 90.2 Å². The molecule has 0 spiro atoms. The van der Waals surface area contributed by atoms with E-state index in [1.54, 1.807) is 6.92 Å². The van der Waals surface area contributed by atoms with Crippen molar-refractivity contribution in [3.05, 3.63) is 12.2 Å². The first kappa shape index (κ1) is 22.2. The number of unbranched alkanes of at least 4 members (excludes halogenated alkanes) is 12. The van der Waals surface area contributed by atoms with Crippen LogP contribution in [-0.4, -0.2) is 11.1 Å². The third kappa shape index (κ3) is 17.4. The van der Waals surface area contributed by atoms with E-state index in [-0.39, 0.29) is 5.92 Å². The first-order valence-electron chi connectivity index (χ1n) is 10.1. The molecule has 0 heterocycles. The minimum absolute atomic E-state index is 0.174. The van der Waals surface area contributed by atoms with Crippen LogP contribution >= 0.6 is 0 Å². The van der Waals surface area contributed by atoms with Crippen LogP contribution in [0.1, 0.15) is 110 Å². The summed E-state index contributed by atoms with van der Waals surface area (Å²) in [6.07, 6.45) is 23.8. The van der Waals surface area contributed by atoms with Gasteiger partial charge >= 0.3 is 5.97 Å². The zero-order chi connectivity index (χ0) is 17.2. The van der Waals surface area contributed by atoms with Gasteiger partial charge in [-0.05, 0) is 32.1 Å². The van der Waals surface area contributed by atoms with Gasteiger partial charge in [0.15, 0.2) is 0 Å². The van der Waals surface area contributed by atoms with Crippen molar-refractivity contribution >= 4 is 5.97 Å². The average molecular weight is 325 g/mol. The fraction of sp³-hybridized carbons (Fsp3) is 0.857. The summed E-state index contributed by atoms with van der Waals surface area (Å²) in [7, 11) is 0. The maximum Gasteiger partial charge on any atom is 0.306 e. The minimum Gasteiger partial charge on any atom is -0.481 e. The summed E-state index contributed by atoms with van der Waals surface area (Å²) in [6, 6.07) is 0. The summed E-state index contributed by atoms with van der Waals surface area (Å²) in [6.45, 7) is 4.07. The third-order valence-corrected chi connectivity index (χ3v) is 4.57. The maximum atomic E-state index is 10.7. The second-order valence-electron chi connectivity index (χ2n) is 6.97. The summed E-state index contributed by atoms with van der Waals surface area (Å²) in [5.74, 6) is -0.829. The smallest absolute Gasteiger partial charge is 0.306 e. The Labute approximate surface area is 144 Å². The fourth-order valence-electron chi connectivity index (χ4n) is 2.82. The Bertz CT molecular complexity index is 284. The largest absolute Gasteiger partial charge is 0.481 e. The van der Waals surface area contributed by atoms with E-state index in [9.17, 15) is 4.79 Å². The zero-order valence-electron chi connectivity index (χ0n) is 15.7. The molecule has 0 fully saturated rings. The van der Waals surface area contributed by atoms with Crippen molar-refractivity contribution in [2.24, 2.45) is 5.92 Å². The predicted molar refractivity (Wildman–Crippen MR) is 101 cm³/mol. The first-order valence-corrected chi connectivity index (χ1v) is 10.1. The molecule has 0 aliphatic rings. The highest BCUT2D eigenvalue weighted by molar-refractivity contribution is 5.69. The molecule has 0 aromatic carbocycles. The standard InChI is InChI=1S/C21H40O2/c1-3-4-5-6-7-8-9-10-11-12-13-14-15-16-17-18-19-20(2)21(22)23/h10-11,20H,3-9,12-19H2,1-2H3,(H,22,23)/b11-10-. The second kappa shape index (κ2) is 17.6. The topological polar surface area (TPSA) is 37.3 Å². The van der Waals surface area contributed by atoms with Gasteiger partial charge in [0.05, 0.1) is 5.92 Å². The quantitative estimate of drug-likeness (QED) is 0.228. The van der Waals surface area contributed by atoms with Crippen LogP contribution in [0.25, 0.3) is 0 Å². The number of carboxylic acid groups (broad SMARTS) is 1. The van der Waals surface area contributed by atoms with Gasteiger partial charge in [0.1, 0.15) is 0 Å². The number of carboxylic acids is 1. The summed E-state index contributed by atoms with van der Waals surface area (Å²) in [5.41, 5.74) is 0. The number of rotatable bonds is 17. The van der Waals surface area contributed by atoms with E-state index in [0.29, 0.717) is 0 Å². The SMILES string of the molecule is CCCCCCCC/C=C\CCCCCCCCC(C)C(=O)O. The number of hydrogen-bond acceptors (Lipinski definition) is 1. The van der Waals surface area contributed by atoms with Crippen molar-refractivity contribution < 1.29 is 9.90 Å². The lowest BCUT2D eigenvalue weighted by Gasteiger charge is -2.05. The maximum absolute atomic E-state index is 10.7. The van der Waals surface area contributed by atoms with Gasteiger partial charge in [0.2, 0.25) is 0 Å². The lowest BCUT2D eigenvalue weighted by Crippen LogP contribution is -2.08. The van der Waals surface area contributed by atoms with Crippen molar-refractivity contribution in [3.63, 3.8) is 0 Å². The lowest BCUT2D eigenvalue weighted by atomic mass is 10.0. The van der Waals surface area contributed by atoms with E-state index in [1.807, 2.05) is 0 Å². The Morgan fingerprint density at radius 2 is 1.22 bits per heavy atom. The van der Waals surface area contributed by atoms with Gasteiger partial charge < -0.3 is 5.11 Å². The van der Waals surface area contributed by atoms with Crippen molar-refractivity contribution in [2.75, 3.05) is 0 Å². The molecule has 1 unspecified atom stereocenters. The highest BCUT2D eigenvalue weighted by Crippen LogP contribution is 2.13. The van der Waals surface area contributed by atoms with Crippen molar-refractivity contribution in [2.45, 2.75) is 110 Å². The van der Waals surface area contributed by atoms with Gasteiger partial charge in [-0.3, -0.25) is 4.79 Å². The van der Waals surface area contributed by atoms with Gasteiger partial charge in [-0.25, -0.2) is 0 Å². The molecule has 0 rings (SSSR count). The molecule has 0 saturated heterocycles. The minimum atomic E-state index is -0.655. The Balaban J connectivity index is 3.15. The molecular formula is C21H40O2. The average Bonchev–Trinajstić information content (AvgIpc) is 2.54. The zero-order valence-corrected chi connectivity index (χ0v) is 15.7. The number of carbonyl (C=O) groups is 1. The molecule has 0 radical (unpaired) electrons. The van der Waals surface area contributed by atoms with Gasteiger partial charge in [0, 0.05) is 0 Å². The molecule has 0 aliphatic heterocycles. The molecule has 0 aliphatic carbocycles. The van der Waals surface area contributed by atoms with E-state index in [4.69, 9.17) is 5.11 Å². The number of hydrogen-bond donors (Lipinski definition) is 1. The summed E-state index contributed by atoms with van der Waals surface area (Å²) in [5, 5.41) is 8.80. The summed E-state index contributed by atoms with van der Waals surface area (Å²) < 4.78 is 0. The molecule has 1 atom stereocenters. The third-order valence-electron chi connectivity index (χ3n) is 4.57. The lowest BCUT2D eigenvalue weighted by molar-refractivity contribution is -0.141. The fourth-order valence-corrected chi connectivity index (χ4v) is 2.82. The molecule has 1 N–H and O–H groups in total. The molecule has 136 valence electrons. The van der Waals surface area contributed by atoms with Crippen LogP contribution in [0.3, 0.4) is 0 Å². The van der Waals surface area contributed by atoms with Crippen molar-refractivity contribution in [1.29, 1.82) is 0 Å². The molecule has 2 heteroatoms. The van der Waals surface area contributed by atoms with Crippen LogP contribution in [0.5, 0.6) is 0 Å². The van der Waals surface area contributed by atoms with Crippen LogP contribution in [0.4, 0.5) is 0 Å². The Hall–Kier alpha value is -0.790. The highest BCUT2D eigenvalue weighted by Gasteiger charge is 2.09. The predicted octanol–water partition coefficient (Wildman–Crippen LogP) is 7.13. The van der Waals surface area contributed by atoms with Crippen LogP contribution < -0.4 is 0 Å². The normalized spacial score (nSPS) is 12.8. The van der Waals surface area contributed by atoms with E-state index in [0.717, 1.165) is 12.8 Å². The molecule has 0 bridgehead atoms. The van der Waals surface area contributed by atoms with Crippen molar-refractivity contribution in [1.82, 2.24) is 0 Å². The van der Waals surface area contributed by atoms with Gasteiger partial charge in [-0.2, -0.15) is 0 Å². The molecule has 23 heavy (non-hydrogen) atoms. The first-order chi connectivity index (χ1) is 11.2. The summed E-state index contributed by atoms with van der Waals surface area (Å²) >= 11 is 0. The Kier molecular flexibility index (Phi) is 17.0. The van der Waals surface area contributed by atoms with E-state index in [1.165, 1.54) is 83.5 Å². The van der Waals surface area contributed by atoms with Gasteiger partial charge in [-0.15, -0.1) is 0 Å². The molecule has 0 aromatic heterocycles. The molecule has 2 nitrogen and oxygen atoms in total. The van der Waals surface area contributed by atoms with E-state index in [2.05, 4.69) is 19.1 Å². The number of aliphatic carboxylic acids is 1. The summed E-state index contributed by atoms with van der Waals surface area (Å²) in [4.78, 5) is 10.7. The Morgan fingerprint density at radius 1 is 0.783 bits per heavy atom. The highest BCUT2D eigenvalue weighted by atomic mass is 16.4. The van der Waals surface area contributed by atoms with Crippen LogP contribution in [0.15, 0.2) is 12.2 Å². The Morgan fingerprint density at radius 3 is 1.70 bits per heavy atom. The molecule has 0 saturated carbocycles. The van der Waals surface area contributed by atoms with Crippen LogP contribution in [-0.2, 0) is 4.79 Å².